The maximum Gasteiger partial charge on any atom is 0.335 e. The van der Waals surface area contributed by atoms with E-state index in [1.807, 2.05) is 54.0 Å². The van der Waals surface area contributed by atoms with Gasteiger partial charge in [-0.15, -0.1) is 0 Å². The van der Waals surface area contributed by atoms with E-state index in [-0.39, 0.29) is 11.3 Å². The second kappa shape index (κ2) is 9.85. The van der Waals surface area contributed by atoms with Gasteiger partial charge in [0, 0.05) is 22.0 Å². The second-order valence-electron chi connectivity index (χ2n) is 8.06. The number of ether oxygens (including phenoxy) is 1. The van der Waals surface area contributed by atoms with Crippen LogP contribution < -0.4 is 9.46 Å². The summed E-state index contributed by atoms with van der Waals surface area (Å²) in [5.74, 6) is -0.578. The highest BCUT2D eigenvalue weighted by Crippen LogP contribution is 2.36. The van der Waals surface area contributed by atoms with Gasteiger partial charge in [0.1, 0.15) is 12.4 Å². The van der Waals surface area contributed by atoms with E-state index in [9.17, 15) is 18.3 Å². The Bertz CT molecular complexity index is 1500. The number of carbonyl (C=O) groups is 1. The first-order chi connectivity index (χ1) is 16.6. The van der Waals surface area contributed by atoms with E-state index in [1.54, 1.807) is 24.3 Å². The molecule has 9 heteroatoms. The Balaban J connectivity index is 1.83. The van der Waals surface area contributed by atoms with Crippen molar-refractivity contribution in [1.29, 1.82) is 0 Å². The monoisotopic (exact) mass is 510 g/mol. The third-order valence-corrected chi connectivity index (χ3v) is 6.10. The first-order valence-electron chi connectivity index (χ1n) is 10.6. The van der Waals surface area contributed by atoms with Crippen LogP contribution >= 0.6 is 11.6 Å². The van der Waals surface area contributed by atoms with Crippen LogP contribution in [-0.4, -0.2) is 30.3 Å². The van der Waals surface area contributed by atoms with E-state index in [4.69, 9.17) is 16.3 Å². The lowest BCUT2D eigenvalue weighted by atomic mass is 10.1. The van der Waals surface area contributed by atoms with Gasteiger partial charge in [0.25, 0.3) is 0 Å². The van der Waals surface area contributed by atoms with Gasteiger partial charge in [-0.05, 0) is 61.0 Å². The van der Waals surface area contributed by atoms with Crippen molar-refractivity contribution in [2.24, 2.45) is 0 Å². The van der Waals surface area contributed by atoms with E-state index >= 15 is 0 Å². The van der Waals surface area contributed by atoms with Crippen molar-refractivity contribution in [2.45, 2.75) is 13.5 Å². The number of aromatic nitrogens is 1. The minimum absolute atomic E-state index is 0.0562. The number of nitrogens with zero attached hydrogens (tertiary/aromatic N) is 1. The molecule has 0 bridgehead atoms. The summed E-state index contributed by atoms with van der Waals surface area (Å²) in [7, 11) is -3.61. The zero-order chi connectivity index (χ0) is 25.2. The standard InChI is InChI=1S/C26H23ClN2O5S/c1-17-8-10-24(23-14-20(27)9-11-25(23)34-16-18-6-4-3-5-7-18)29(17)22-13-19(26(30)31)12-21(15-22)28-35(2,32)33/h3-15,28H,16H2,1-2H3,(H,30,31). The number of hydrogen-bond donors (Lipinski definition) is 2. The Kier molecular flexibility index (Phi) is 6.86. The van der Waals surface area contributed by atoms with Crippen molar-refractivity contribution < 1.29 is 23.1 Å². The molecular weight excluding hydrogens is 488 g/mol. The molecule has 0 aliphatic rings. The molecule has 0 unspecified atom stereocenters. The van der Waals surface area contributed by atoms with E-state index in [0.717, 1.165) is 17.5 Å². The molecular formula is C26H23ClN2O5S. The van der Waals surface area contributed by atoms with Gasteiger partial charge < -0.3 is 14.4 Å². The predicted octanol–water partition coefficient (Wildman–Crippen LogP) is 5.75. The summed E-state index contributed by atoms with van der Waals surface area (Å²) in [5, 5.41) is 10.1. The highest BCUT2D eigenvalue weighted by atomic mass is 35.5. The van der Waals surface area contributed by atoms with Crippen LogP contribution in [0.2, 0.25) is 5.02 Å². The van der Waals surface area contributed by atoms with E-state index in [0.29, 0.717) is 34.3 Å². The molecule has 180 valence electrons. The number of aromatic carboxylic acids is 1. The van der Waals surface area contributed by atoms with Crippen LogP contribution in [0.25, 0.3) is 16.9 Å². The number of anilines is 1. The highest BCUT2D eigenvalue weighted by Gasteiger charge is 2.18. The molecule has 0 spiro atoms. The van der Waals surface area contributed by atoms with Crippen molar-refractivity contribution in [3.63, 3.8) is 0 Å². The third kappa shape index (κ3) is 5.85. The van der Waals surface area contributed by atoms with Gasteiger partial charge in [0.2, 0.25) is 10.0 Å². The fourth-order valence-electron chi connectivity index (χ4n) is 3.79. The third-order valence-electron chi connectivity index (χ3n) is 5.26. The molecule has 0 saturated carbocycles. The molecule has 0 aliphatic heterocycles. The Hall–Kier alpha value is -3.75. The maximum absolute atomic E-state index is 11.8. The van der Waals surface area contributed by atoms with E-state index in [2.05, 4.69) is 4.72 Å². The molecule has 0 amide bonds. The first-order valence-corrected chi connectivity index (χ1v) is 12.9. The Morgan fingerprint density at radius 2 is 1.77 bits per heavy atom. The molecule has 1 aromatic heterocycles. The van der Waals surface area contributed by atoms with Gasteiger partial charge in [0.05, 0.1) is 23.2 Å². The Labute approximate surface area is 208 Å². The summed E-state index contributed by atoms with van der Waals surface area (Å²) in [5.41, 5.74) is 3.79. The summed E-state index contributed by atoms with van der Waals surface area (Å²) in [6, 6.07) is 23.2. The molecule has 2 N–H and O–H groups in total. The number of sulfonamides is 1. The molecule has 0 aliphatic carbocycles. The van der Waals surface area contributed by atoms with Crippen molar-refractivity contribution >= 4 is 33.3 Å². The molecule has 1 heterocycles. The summed E-state index contributed by atoms with van der Waals surface area (Å²) in [4.78, 5) is 11.8. The lowest BCUT2D eigenvalue weighted by Gasteiger charge is -2.17. The number of benzene rings is 3. The van der Waals surface area contributed by atoms with Gasteiger partial charge in [-0.2, -0.15) is 0 Å². The van der Waals surface area contributed by atoms with E-state index < -0.39 is 16.0 Å². The molecule has 35 heavy (non-hydrogen) atoms. The van der Waals surface area contributed by atoms with Crippen LogP contribution in [-0.2, 0) is 16.6 Å². The van der Waals surface area contributed by atoms with Gasteiger partial charge in [-0.1, -0.05) is 41.9 Å². The van der Waals surface area contributed by atoms with Gasteiger partial charge in [-0.3, -0.25) is 4.72 Å². The average molecular weight is 511 g/mol. The van der Waals surface area contributed by atoms with Crippen LogP contribution in [0.4, 0.5) is 5.69 Å². The Morgan fingerprint density at radius 3 is 2.46 bits per heavy atom. The van der Waals surface area contributed by atoms with Crippen molar-refractivity contribution in [3.05, 3.63) is 101 Å². The van der Waals surface area contributed by atoms with Crippen LogP contribution in [0, 0.1) is 6.92 Å². The molecule has 0 fully saturated rings. The average Bonchev–Trinajstić information content (AvgIpc) is 3.18. The molecule has 0 radical (unpaired) electrons. The molecule has 4 aromatic rings. The molecule has 3 aromatic carbocycles. The highest BCUT2D eigenvalue weighted by molar-refractivity contribution is 7.92. The number of halogens is 1. The normalized spacial score (nSPS) is 11.3. The molecule has 4 rings (SSSR count). The van der Waals surface area contributed by atoms with Crippen LogP contribution in [0.15, 0.2) is 78.9 Å². The summed E-state index contributed by atoms with van der Waals surface area (Å²) in [6.07, 6.45) is 1.01. The SMILES string of the molecule is Cc1ccc(-c2cc(Cl)ccc2OCc2ccccc2)n1-c1cc(NS(C)(=O)=O)cc(C(=O)O)c1. The summed E-state index contributed by atoms with van der Waals surface area (Å²) >= 11 is 6.33. The predicted molar refractivity (Wildman–Crippen MR) is 137 cm³/mol. The summed E-state index contributed by atoms with van der Waals surface area (Å²) < 4.78 is 33.9. The zero-order valence-corrected chi connectivity index (χ0v) is 20.6. The first kappa shape index (κ1) is 24.4. The number of carboxylic acids is 1. The number of rotatable bonds is 8. The molecule has 0 atom stereocenters. The number of aryl methyl sites for hydroxylation is 1. The zero-order valence-electron chi connectivity index (χ0n) is 19.0. The quantitative estimate of drug-likeness (QED) is 0.314. The van der Waals surface area contributed by atoms with Gasteiger partial charge >= 0.3 is 5.97 Å². The molecule has 7 nitrogen and oxygen atoms in total. The largest absolute Gasteiger partial charge is 0.488 e. The fourth-order valence-corrected chi connectivity index (χ4v) is 4.51. The van der Waals surface area contributed by atoms with Gasteiger partial charge in [-0.25, -0.2) is 13.2 Å². The number of nitrogens with one attached hydrogen (secondary N) is 1. The fraction of sp³-hybridized carbons (Fsp3) is 0.115. The maximum atomic E-state index is 11.8. The minimum Gasteiger partial charge on any atom is -0.488 e. The molecule has 0 saturated heterocycles. The summed E-state index contributed by atoms with van der Waals surface area (Å²) in [6.45, 7) is 2.22. The topological polar surface area (TPSA) is 97.6 Å². The van der Waals surface area contributed by atoms with E-state index in [1.165, 1.54) is 12.1 Å². The van der Waals surface area contributed by atoms with Gasteiger partial charge in [0.15, 0.2) is 0 Å². The second-order valence-corrected chi connectivity index (χ2v) is 10.2. The van der Waals surface area contributed by atoms with Crippen LogP contribution in [0.5, 0.6) is 5.75 Å². The number of carboxylic acid groups (broad SMARTS) is 1. The Morgan fingerprint density at radius 1 is 1.03 bits per heavy atom. The smallest absolute Gasteiger partial charge is 0.335 e. The van der Waals surface area contributed by atoms with Crippen LogP contribution in [0.1, 0.15) is 21.6 Å². The van der Waals surface area contributed by atoms with Crippen molar-refractivity contribution in [2.75, 3.05) is 11.0 Å². The van der Waals surface area contributed by atoms with Crippen LogP contribution in [0.3, 0.4) is 0 Å². The number of hydrogen-bond acceptors (Lipinski definition) is 4. The van der Waals surface area contributed by atoms with Crippen molar-refractivity contribution in [1.82, 2.24) is 4.57 Å². The lowest BCUT2D eigenvalue weighted by molar-refractivity contribution is 0.0697. The minimum atomic E-state index is -3.61. The van der Waals surface area contributed by atoms with Crippen molar-refractivity contribution in [3.8, 4) is 22.7 Å². The lowest BCUT2D eigenvalue weighted by Crippen LogP contribution is -2.11.